The van der Waals surface area contributed by atoms with Gasteiger partial charge in [0.2, 0.25) is 5.91 Å². The number of piperidine rings is 1. The largest absolute Gasteiger partial charge is 0.343 e. The van der Waals surface area contributed by atoms with Crippen LogP contribution in [0.25, 0.3) is 0 Å². The van der Waals surface area contributed by atoms with E-state index in [4.69, 9.17) is 0 Å². The molecule has 2 aromatic heterocycles. The number of nitrogens with zero attached hydrogens (tertiary/aromatic N) is 6. The van der Waals surface area contributed by atoms with Crippen LogP contribution >= 0.6 is 0 Å². The molecule has 1 aliphatic heterocycles. The van der Waals surface area contributed by atoms with Crippen molar-refractivity contribution in [1.29, 1.82) is 0 Å². The molecule has 0 aliphatic carbocycles. The van der Waals surface area contributed by atoms with E-state index in [-0.39, 0.29) is 5.91 Å². The predicted octanol–water partition coefficient (Wildman–Crippen LogP) is 1.50. The summed E-state index contributed by atoms with van der Waals surface area (Å²) in [6.07, 6.45) is 4.99. The van der Waals surface area contributed by atoms with E-state index in [2.05, 4.69) is 22.2 Å². The highest BCUT2D eigenvalue weighted by molar-refractivity contribution is 5.76. The number of amides is 1. The number of rotatable bonds is 4. The summed E-state index contributed by atoms with van der Waals surface area (Å²) in [5.41, 5.74) is 3.39. The highest BCUT2D eigenvalue weighted by Gasteiger charge is 2.26. The molecule has 0 spiro atoms. The normalized spacial score (nSPS) is 15.9. The summed E-state index contributed by atoms with van der Waals surface area (Å²) in [4.78, 5) is 14.5. The summed E-state index contributed by atoms with van der Waals surface area (Å²) >= 11 is 0. The predicted molar refractivity (Wildman–Crippen MR) is 90.6 cm³/mol. The lowest BCUT2D eigenvalue weighted by Gasteiger charge is -2.31. The minimum absolute atomic E-state index is 0.245. The maximum Gasteiger partial charge on any atom is 0.222 e. The lowest BCUT2D eigenvalue weighted by Crippen LogP contribution is -2.38. The molecule has 1 saturated heterocycles. The summed E-state index contributed by atoms with van der Waals surface area (Å²) in [6.45, 7) is 5.69. The molecule has 3 heterocycles. The first-order chi connectivity index (χ1) is 11.5. The molecular formula is C17H26N6O. The minimum Gasteiger partial charge on any atom is -0.343 e. The smallest absolute Gasteiger partial charge is 0.222 e. The molecule has 0 saturated carbocycles. The second-order valence-corrected chi connectivity index (χ2v) is 6.73. The Kier molecular flexibility index (Phi) is 4.69. The Morgan fingerprint density at radius 1 is 1.25 bits per heavy atom. The van der Waals surface area contributed by atoms with Crippen LogP contribution in [0.5, 0.6) is 0 Å². The molecule has 7 nitrogen and oxygen atoms in total. The van der Waals surface area contributed by atoms with Crippen molar-refractivity contribution in [1.82, 2.24) is 29.4 Å². The third-order valence-corrected chi connectivity index (χ3v) is 5.21. The number of carbonyl (C=O) groups excluding carboxylic acids is 1. The molecule has 2 aromatic rings. The van der Waals surface area contributed by atoms with Crippen LogP contribution in [-0.2, 0) is 25.3 Å². The highest BCUT2D eigenvalue weighted by atomic mass is 16.2. The zero-order chi connectivity index (χ0) is 17.3. The Morgan fingerprint density at radius 3 is 2.50 bits per heavy atom. The average molecular weight is 330 g/mol. The van der Waals surface area contributed by atoms with Crippen molar-refractivity contribution in [2.75, 3.05) is 13.1 Å². The molecule has 1 amide bonds. The Balaban J connectivity index is 1.53. The topological polar surface area (TPSA) is 68.8 Å². The van der Waals surface area contributed by atoms with Crippen LogP contribution in [0.15, 0.2) is 6.33 Å². The van der Waals surface area contributed by atoms with Crippen LogP contribution in [0, 0.1) is 13.8 Å². The van der Waals surface area contributed by atoms with Crippen molar-refractivity contribution in [2.24, 2.45) is 14.1 Å². The molecule has 24 heavy (non-hydrogen) atoms. The minimum atomic E-state index is 0.245. The van der Waals surface area contributed by atoms with Crippen molar-refractivity contribution in [3.05, 3.63) is 29.1 Å². The van der Waals surface area contributed by atoms with Crippen molar-refractivity contribution < 1.29 is 4.79 Å². The first-order valence-corrected chi connectivity index (χ1v) is 8.58. The van der Waals surface area contributed by atoms with Gasteiger partial charge in [0, 0.05) is 45.2 Å². The molecule has 3 rings (SSSR count). The Hall–Kier alpha value is -2.18. The molecule has 1 fully saturated rings. The van der Waals surface area contributed by atoms with Gasteiger partial charge in [-0.15, -0.1) is 10.2 Å². The van der Waals surface area contributed by atoms with Crippen LogP contribution < -0.4 is 0 Å². The quantitative estimate of drug-likeness (QED) is 0.852. The van der Waals surface area contributed by atoms with E-state index in [1.807, 2.05) is 35.2 Å². The summed E-state index contributed by atoms with van der Waals surface area (Å²) in [6, 6.07) is 0. The molecule has 0 aromatic carbocycles. The van der Waals surface area contributed by atoms with E-state index < -0.39 is 0 Å². The first-order valence-electron chi connectivity index (χ1n) is 8.58. The fraction of sp³-hybridized carbons (Fsp3) is 0.647. The van der Waals surface area contributed by atoms with Crippen molar-refractivity contribution in [2.45, 2.75) is 45.4 Å². The second-order valence-electron chi connectivity index (χ2n) is 6.73. The average Bonchev–Trinajstić information content (AvgIpc) is 3.10. The fourth-order valence-corrected chi connectivity index (χ4v) is 3.62. The lowest BCUT2D eigenvalue weighted by molar-refractivity contribution is -0.132. The van der Waals surface area contributed by atoms with Crippen LogP contribution in [0.1, 0.15) is 48.0 Å². The summed E-state index contributed by atoms with van der Waals surface area (Å²) < 4.78 is 3.87. The van der Waals surface area contributed by atoms with E-state index in [0.29, 0.717) is 12.3 Å². The number of hydrogen-bond donors (Lipinski definition) is 0. The summed E-state index contributed by atoms with van der Waals surface area (Å²) in [5.74, 6) is 1.68. The molecule has 7 heteroatoms. The van der Waals surface area contributed by atoms with Crippen molar-refractivity contribution in [3.8, 4) is 0 Å². The SMILES string of the molecule is Cc1nn(C)c(C)c1CCC(=O)N1CCC(c2nncn2C)CC1. The molecule has 0 N–H and O–H groups in total. The molecule has 1 aliphatic rings. The summed E-state index contributed by atoms with van der Waals surface area (Å²) in [7, 11) is 3.93. The number of aryl methyl sites for hydroxylation is 3. The van der Waals surface area contributed by atoms with Gasteiger partial charge in [-0.2, -0.15) is 5.10 Å². The standard InChI is InChI=1S/C17H26N6O/c1-12-15(13(2)22(4)20-12)5-6-16(24)23-9-7-14(8-10-23)17-19-18-11-21(17)3/h11,14H,5-10H2,1-4H3. The Labute approximate surface area is 142 Å². The number of hydrogen-bond acceptors (Lipinski definition) is 4. The second kappa shape index (κ2) is 6.75. The van der Waals surface area contributed by atoms with Gasteiger partial charge in [-0.05, 0) is 38.7 Å². The van der Waals surface area contributed by atoms with E-state index in [9.17, 15) is 4.79 Å². The van der Waals surface area contributed by atoms with Gasteiger partial charge in [-0.1, -0.05) is 0 Å². The van der Waals surface area contributed by atoms with Gasteiger partial charge >= 0.3 is 0 Å². The van der Waals surface area contributed by atoms with Crippen LogP contribution in [-0.4, -0.2) is 48.4 Å². The zero-order valence-corrected chi connectivity index (χ0v) is 15.0. The fourth-order valence-electron chi connectivity index (χ4n) is 3.62. The van der Waals surface area contributed by atoms with Crippen LogP contribution in [0.3, 0.4) is 0 Å². The third kappa shape index (κ3) is 3.20. The van der Waals surface area contributed by atoms with E-state index in [1.54, 1.807) is 6.33 Å². The van der Waals surface area contributed by atoms with Crippen molar-refractivity contribution in [3.63, 3.8) is 0 Å². The molecule has 0 bridgehead atoms. The Morgan fingerprint density at radius 2 is 1.96 bits per heavy atom. The maximum atomic E-state index is 12.5. The van der Waals surface area contributed by atoms with Crippen LogP contribution in [0.2, 0.25) is 0 Å². The van der Waals surface area contributed by atoms with Crippen molar-refractivity contribution >= 4 is 5.91 Å². The zero-order valence-electron chi connectivity index (χ0n) is 15.0. The first kappa shape index (κ1) is 16.7. The number of carbonyl (C=O) groups is 1. The van der Waals surface area contributed by atoms with Gasteiger partial charge < -0.3 is 9.47 Å². The van der Waals surface area contributed by atoms with Gasteiger partial charge in [0.15, 0.2) is 0 Å². The third-order valence-electron chi connectivity index (χ3n) is 5.21. The van der Waals surface area contributed by atoms with Crippen LogP contribution in [0.4, 0.5) is 0 Å². The highest BCUT2D eigenvalue weighted by Crippen LogP contribution is 2.26. The van der Waals surface area contributed by atoms with E-state index in [0.717, 1.165) is 49.6 Å². The van der Waals surface area contributed by atoms with Gasteiger partial charge in [0.25, 0.3) is 0 Å². The Bertz CT molecular complexity index is 724. The summed E-state index contributed by atoms with van der Waals surface area (Å²) in [5, 5.41) is 12.6. The number of aromatic nitrogens is 5. The van der Waals surface area contributed by atoms with Gasteiger partial charge in [0.1, 0.15) is 12.2 Å². The maximum absolute atomic E-state index is 12.5. The van der Waals surface area contributed by atoms with E-state index >= 15 is 0 Å². The molecule has 0 radical (unpaired) electrons. The van der Waals surface area contributed by atoms with E-state index in [1.165, 1.54) is 5.56 Å². The lowest BCUT2D eigenvalue weighted by atomic mass is 9.95. The van der Waals surface area contributed by atoms with Gasteiger partial charge in [-0.25, -0.2) is 0 Å². The molecule has 0 unspecified atom stereocenters. The molecular weight excluding hydrogens is 304 g/mol. The van der Waals surface area contributed by atoms with Gasteiger partial charge in [-0.3, -0.25) is 9.48 Å². The number of likely N-dealkylation sites (tertiary alicyclic amines) is 1. The monoisotopic (exact) mass is 330 g/mol. The molecule has 0 atom stereocenters. The molecule has 130 valence electrons. The van der Waals surface area contributed by atoms with Gasteiger partial charge in [0.05, 0.1) is 5.69 Å².